The van der Waals surface area contributed by atoms with Crippen LogP contribution in [-0.4, -0.2) is 43.7 Å². The zero-order valence-corrected chi connectivity index (χ0v) is 15.0. The second kappa shape index (κ2) is 7.84. The Morgan fingerprint density at radius 3 is 2.70 bits per heavy atom. The smallest absolute Gasteiger partial charge is 0.0387 e. The Balaban J connectivity index is 1.59. The first kappa shape index (κ1) is 16.3. The molecule has 1 atom stereocenters. The number of thiophene rings is 1. The summed E-state index contributed by atoms with van der Waals surface area (Å²) >= 11 is 1.77. The first-order valence-electron chi connectivity index (χ1n) is 8.59. The van der Waals surface area contributed by atoms with Gasteiger partial charge in [0.25, 0.3) is 0 Å². The maximum atomic E-state index is 3.65. The highest BCUT2D eigenvalue weighted by Gasteiger charge is 2.16. The standard InChI is InChI=1S/C19H27N3S/c1-3-21-8-10-22(11-9-21)19-6-4-5-18(14-19)20-16(2)13-17-7-12-23-15-17/h4-7,12,14-16,20H,3,8-11,13H2,1-2H3. The van der Waals surface area contributed by atoms with Crippen LogP contribution in [0.3, 0.4) is 0 Å². The quantitative estimate of drug-likeness (QED) is 0.866. The van der Waals surface area contributed by atoms with E-state index in [1.54, 1.807) is 11.3 Å². The van der Waals surface area contributed by atoms with Crippen molar-refractivity contribution in [2.45, 2.75) is 26.3 Å². The molecule has 3 rings (SSSR count). The van der Waals surface area contributed by atoms with E-state index < -0.39 is 0 Å². The van der Waals surface area contributed by atoms with Gasteiger partial charge in [-0.25, -0.2) is 0 Å². The van der Waals surface area contributed by atoms with Crippen molar-refractivity contribution < 1.29 is 0 Å². The van der Waals surface area contributed by atoms with Gasteiger partial charge in [0.2, 0.25) is 0 Å². The van der Waals surface area contributed by atoms with E-state index in [-0.39, 0.29) is 0 Å². The average molecular weight is 330 g/mol. The monoisotopic (exact) mass is 329 g/mol. The highest BCUT2D eigenvalue weighted by Crippen LogP contribution is 2.22. The number of rotatable bonds is 6. The third-order valence-corrected chi connectivity index (χ3v) is 5.30. The molecule has 1 fully saturated rings. The van der Waals surface area contributed by atoms with Crippen LogP contribution in [0.25, 0.3) is 0 Å². The van der Waals surface area contributed by atoms with E-state index >= 15 is 0 Å². The van der Waals surface area contributed by atoms with Crippen molar-refractivity contribution in [1.82, 2.24) is 4.90 Å². The van der Waals surface area contributed by atoms with Crippen LogP contribution in [0.1, 0.15) is 19.4 Å². The predicted octanol–water partition coefficient (Wildman–Crippen LogP) is 3.93. The zero-order chi connectivity index (χ0) is 16.1. The Morgan fingerprint density at radius 1 is 1.17 bits per heavy atom. The lowest BCUT2D eigenvalue weighted by atomic mass is 10.1. The van der Waals surface area contributed by atoms with Gasteiger partial charge in [-0.3, -0.25) is 0 Å². The Kier molecular flexibility index (Phi) is 5.57. The number of anilines is 2. The van der Waals surface area contributed by atoms with Crippen molar-refractivity contribution in [2.24, 2.45) is 0 Å². The number of hydrogen-bond donors (Lipinski definition) is 1. The van der Waals surface area contributed by atoms with Crippen LogP contribution in [-0.2, 0) is 6.42 Å². The maximum absolute atomic E-state index is 3.65. The van der Waals surface area contributed by atoms with Crippen molar-refractivity contribution >= 4 is 22.7 Å². The number of nitrogens with zero attached hydrogens (tertiary/aromatic N) is 2. The fourth-order valence-electron chi connectivity index (χ4n) is 3.21. The average Bonchev–Trinajstić information content (AvgIpc) is 3.08. The molecule has 1 aromatic carbocycles. The molecule has 0 saturated carbocycles. The Morgan fingerprint density at radius 2 is 2.00 bits per heavy atom. The van der Waals surface area contributed by atoms with Crippen LogP contribution in [0.4, 0.5) is 11.4 Å². The number of nitrogens with one attached hydrogen (secondary N) is 1. The fraction of sp³-hybridized carbons (Fsp3) is 0.474. The number of likely N-dealkylation sites (N-methyl/N-ethyl adjacent to an activating group) is 1. The molecule has 4 heteroatoms. The first-order chi connectivity index (χ1) is 11.2. The summed E-state index contributed by atoms with van der Waals surface area (Å²) in [6, 6.07) is 11.5. The maximum Gasteiger partial charge on any atom is 0.0387 e. The van der Waals surface area contributed by atoms with E-state index in [0.717, 1.165) is 26.1 Å². The van der Waals surface area contributed by atoms with E-state index in [9.17, 15) is 0 Å². The third-order valence-electron chi connectivity index (χ3n) is 4.57. The Labute approximate surface area is 143 Å². The minimum absolute atomic E-state index is 0.441. The summed E-state index contributed by atoms with van der Waals surface area (Å²) in [5.74, 6) is 0. The molecule has 1 aromatic heterocycles. The first-order valence-corrected chi connectivity index (χ1v) is 9.54. The number of hydrogen-bond acceptors (Lipinski definition) is 4. The second-order valence-corrected chi connectivity index (χ2v) is 7.13. The number of piperazine rings is 1. The molecule has 3 nitrogen and oxygen atoms in total. The lowest BCUT2D eigenvalue weighted by Gasteiger charge is -2.35. The van der Waals surface area contributed by atoms with Gasteiger partial charge in [0.1, 0.15) is 0 Å². The molecule has 0 aliphatic carbocycles. The minimum Gasteiger partial charge on any atom is -0.382 e. The van der Waals surface area contributed by atoms with Crippen LogP contribution in [0, 0.1) is 0 Å². The van der Waals surface area contributed by atoms with Crippen molar-refractivity contribution in [3.05, 3.63) is 46.7 Å². The molecule has 2 aromatic rings. The summed E-state index contributed by atoms with van der Waals surface area (Å²) in [4.78, 5) is 5.02. The van der Waals surface area contributed by atoms with E-state index in [1.807, 2.05) is 0 Å². The molecule has 1 N–H and O–H groups in total. The molecule has 124 valence electrons. The van der Waals surface area contributed by atoms with Crippen molar-refractivity contribution in [1.29, 1.82) is 0 Å². The van der Waals surface area contributed by atoms with Crippen LogP contribution < -0.4 is 10.2 Å². The summed E-state index contributed by atoms with van der Waals surface area (Å²) in [5, 5.41) is 8.04. The highest BCUT2D eigenvalue weighted by molar-refractivity contribution is 7.07. The molecule has 1 aliphatic rings. The van der Waals surface area contributed by atoms with Gasteiger partial charge in [0.05, 0.1) is 0 Å². The predicted molar refractivity (Wildman–Crippen MR) is 102 cm³/mol. The molecule has 0 spiro atoms. The van der Waals surface area contributed by atoms with E-state index in [4.69, 9.17) is 0 Å². The van der Waals surface area contributed by atoms with Gasteiger partial charge in [-0.05, 0) is 60.5 Å². The zero-order valence-electron chi connectivity index (χ0n) is 14.2. The summed E-state index contributed by atoms with van der Waals surface area (Å²) < 4.78 is 0. The van der Waals surface area contributed by atoms with Crippen molar-refractivity contribution in [2.75, 3.05) is 42.9 Å². The molecule has 1 unspecified atom stereocenters. The van der Waals surface area contributed by atoms with E-state index in [2.05, 4.69) is 70.1 Å². The summed E-state index contributed by atoms with van der Waals surface area (Å²) in [7, 11) is 0. The van der Waals surface area contributed by atoms with Crippen LogP contribution in [0.2, 0.25) is 0 Å². The molecule has 1 aliphatic heterocycles. The summed E-state index contributed by atoms with van der Waals surface area (Å²) in [6.07, 6.45) is 1.07. The topological polar surface area (TPSA) is 18.5 Å². The molecule has 1 saturated heterocycles. The number of benzene rings is 1. The summed E-state index contributed by atoms with van der Waals surface area (Å²) in [5.41, 5.74) is 3.98. The van der Waals surface area contributed by atoms with Gasteiger partial charge in [-0.15, -0.1) is 0 Å². The van der Waals surface area contributed by atoms with Crippen LogP contribution >= 0.6 is 11.3 Å². The molecule has 23 heavy (non-hydrogen) atoms. The van der Waals surface area contributed by atoms with E-state index in [1.165, 1.54) is 30.0 Å². The third kappa shape index (κ3) is 4.49. The van der Waals surface area contributed by atoms with Gasteiger partial charge in [0, 0.05) is 43.6 Å². The SMILES string of the molecule is CCN1CCN(c2cccc(NC(C)Cc3ccsc3)c2)CC1. The molecular weight excluding hydrogens is 302 g/mol. The second-order valence-electron chi connectivity index (χ2n) is 6.35. The lowest BCUT2D eigenvalue weighted by Crippen LogP contribution is -2.46. The van der Waals surface area contributed by atoms with Crippen molar-refractivity contribution in [3.63, 3.8) is 0 Å². The van der Waals surface area contributed by atoms with Gasteiger partial charge in [0.15, 0.2) is 0 Å². The highest BCUT2D eigenvalue weighted by atomic mass is 32.1. The molecule has 0 bridgehead atoms. The molecule has 2 heterocycles. The molecule has 0 radical (unpaired) electrons. The lowest BCUT2D eigenvalue weighted by molar-refractivity contribution is 0.271. The Bertz CT molecular complexity index is 588. The van der Waals surface area contributed by atoms with Gasteiger partial charge >= 0.3 is 0 Å². The normalized spacial score (nSPS) is 17.2. The van der Waals surface area contributed by atoms with E-state index in [0.29, 0.717) is 6.04 Å². The van der Waals surface area contributed by atoms with Gasteiger partial charge in [-0.2, -0.15) is 11.3 Å². The van der Waals surface area contributed by atoms with Crippen LogP contribution in [0.15, 0.2) is 41.1 Å². The van der Waals surface area contributed by atoms with Crippen LogP contribution in [0.5, 0.6) is 0 Å². The minimum atomic E-state index is 0.441. The van der Waals surface area contributed by atoms with Gasteiger partial charge < -0.3 is 15.1 Å². The summed E-state index contributed by atoms with van der Waals surface area (Å²) in [6.45, 7) is 10.3. The van der Waals surface area contributed by atoms with Crippen molar-refractivity contribution in [3.8, 4) is 0 Å². The molecular formula is C19H27N3S. The molecule has 0 amide bonds. The Hall–Kier alpha value is -1.52. The van der Waals surface area contributed by atoms with Gasteiger partial charge in [-0.1, -0.05) is 13.0 Å². The largest absolute Gasteiger partial charge is 0.382 e. The fourth-order valence-corrected chi connectivity index (χ4v) is 3.89.